The largest absolute Gasteiger partial charge is 0.354 e. The molecule has 4 aromatic rings. The molecule has 0 saturated heterocycles. The number of hydrogen-bond donors (Lipinski definition) is 1. The van der Waals surface area contributed by atoms with Crippen molar-refractivity contribution in [3.8, 4) is 6.07 Å². The van der Waals surface area contributed by atoms with Crippen LogP contribution in [0.4, 0.5) is 27.4 Å². The van der Waals surface area contributed by atoms with E-state index in [0.717, 1.165) is 22.5 Å². The van der Waals surface area contributed by atoms with E-state index in [0.29, 0.717) is 16.9 Å². The number of rotatable bonds is 4. The Labute approximate surface area is 171 Å². The van der Waals surface area contributed by atoms with Crippen molar-refractivity contribution >= 4 is 45.5 Å². The van der Waals surface area contributed by atoms with Gasteiger partial charge in [0, 0.05) is 49.4 Å². The Morgan fingerprint density at radius 2 is 2.03 bits per heavy atom. The molecule has 0 spiro atoms. The number of hydrogen-bond acceptors (Lipinski definition) is 5. The molecule has 0 bridgehead atoms. The van der Waals surface area contributed by atoms with Crippen LogP contribution in [0.25, 0.3) is 10.9 Å². The smallest absolute Gasteiger partial charge is 0.209 e. The van der Waals surface area contributed by atoms with Crippen molar-refractivity contribution in [1.82, 2.24) is 14.5 Å². The number of fused-ring (bicyclic) bond motifs is 1. The highest BCUT2D eigenvalue weighted by molar-refractivity contribution is 6.31. The van der Waals surface area contributed by atoms with Gasteiger partial charge in [0.25, 0.3) is 0 Å². The van der Waals surface area contributed by atoms with Gasteiger partial charge in [-0.2, -0.15) is 5.26 Å². The predicted molar refractivity (Wildman–Crippen MR) is 112 cm³/mol. The van der Waals surface area contributed by atoms with Crippen LogP contribution in [0.5, 0.6) is 0 Å². The lowest BCUT2D eigenvalue weighted by Crippen LogP contribution is -2.14. The number of nitrogens with zero attached hydrogens (tertiary/aromatic N) is 5. The summed E-state index contributed by atoms with van der Waals surface area (Å²) in [7, 11) is 3.83. The van der Waals surface area contributed by atoms with E-state index in [1.54, 1.807) is 12.3 Å². The van der Waals surface area contributed by atoms with Crippen LogP contribution in [0.15, 0.2) is 55.0 Å². The van der Waals surface area contributed by atoms with E-state index in [-0.39, 0.29) is 5.02 Å². The van der Waals surface area contributed by atoms with E-state index in [2.05, 4.69) is 21.4 Å². The Balaban J connectivity index is 1.84. The number of aryl methyl sites for hydroxylation is 1. The number of halogens is 2. The maximum absolute atomic E-state index is 13.5. The van der Waals surface area contributed by atoms with Crippen LogP contribution in [-0.2, 0) is 7.05 Å². The highest BCUT2D eigenvalue weighted by Gasteiger charge is 2.14. The van der Waals surface area contributed by atoms with Gasteiger partial charge >= 0.3 is 0 Å². The monoisotopic (exact) mass is 406 g/mol. The fourth-order valence-electron chi connectivity index (χ4n) is 3.12. The number of anilines is 4. The lowest BCUT2D eigenvalue weighted by atomic mass is 10.1. The van der Waals surface area contributed by atoms with E-state index >= 15 is 0 Å². The van der Waals surface area contributed by atoms with Crippen molar-refractivity contribution in [2.24, 2.45) is 7.05 Å². The zero-order valence-corrected chi connectivity index (χ0v) is 16.4. The third-order valence-electron chi connectivity index (χ3n) is 4.64. The van der Waals surface area contributed by atoms with Crippen LogP contribution in [-0.4, -0.2) is 21.6 Å². The average Bonchev–Trinajstić information content (AvgIpc) is 3.16. The van der Waals surface area contributed by atoms with Crippen molar-refractivity contribution in [2.45, 2.75) is 0 Å². The summed E-state index contributed by atoms with van der Waals surface area (Å²) in [5.74, 6) is 0.268. The van der Waals surface area contributed by atoms with E-state index in [4.69, 9.17) is 11.6 Å². The molecule has 0 atom stereocenters. The van der Waals surface area contributed by atoms with E-state index in [1.165, 1.54) is 18.3 Å². The highest BCUT2D eigenvalue weighted by Crippen LogP contribution is 2.33. The fourth-order valence-corrected chi connectivity index (χ4v) is 3.30. The molecule has 0 radical (unpaired) electrons. The van der Waals surface area contributed by atoms with Crippen molar-refractivity contribution < 1.29 is 4.39 Å². The van der Waals surface area contributed by atoms with Gasteiger partial charge in [0.15, 0.2) is 0 Å². The summed E-state index contributed by atoms with van der Waals surface area (Å²) in [4.78, 5) is 10.7. The summed E-state index contributed by atoms with van der Waals surface area (Å²) in [6.45, 7) is 0. The van der Waals surface area contributed by atoms with E-state index in [9.17, 15) is 9.65 Å². The zero-order valence-electron chi connectivity index (χ0n) is 15.7. The zero-order chi connectivity index (χ0) is 20.5. The molecular formula is C21H16ClFN6. The standard InChI is InChI=1S/C21H16ClFN6/c1-28-8-7-25-21(28)29(2)15-4-6-19-16(10-15)20(13(11-24)12-26-19)27-14-3-5-18(23)17(22)9-14/h3-10,12H,1-2H3,(H,26,27). The molecule has 2 heterocycles. The van der Waals surface area contributed by atoms with Gasteiger partial charge in [0.2, 0.25) is 5.95 Å². The lowest BCUT2D eigenvalue weighted by molar-refractivity contribution is 0.628. The number of benzene rings is 2. The molecule has 29 heavy (non-hydrogen) atoms. The first-order valence-corrected chi connectivity index (χ1v) is 9.11. The second-order valence-corrected chi connectivity index (χ2v) is 6.92. The van der Waals surface area contributed by atoms with Crippen LogP contribution < -0.4 is 10.2 Å². The molecule has 1 N–H and O–H groups in total. The number of imidazole rings is 1. The van der Waals surface area contributed by atoms with Gasteiger partial charge in [0.05, 0.1) is 21.8 Å². The molecule has 2 aromatic carbocycles. The second-order valence-electron chi connectivity index (χ2n) is 6.51. The predicted octanol–water partition coefficient (Wildman–Crippen LogP) is 5.14. The summed E-state index contributed by atoms with van der Waals surface area (Å²) in [5, 5.41) is 13.5. The van der Waals surface area contributed by atoms with Crippen LogP contribution in [0.1, 0.15) is 5.56 Å². The molecule has 0 saturated carbocycles. The Morgan fingerprint density at radius 1 is 1.21 bits per heavy atom. The van der Waals surface area contributed by atoms with Crippen LogP contribution in [0.3, 0.4) is 0 Å². The maximum Gasteiger partial charge on any atom is 0.209 e. The SMILES string of the molecule is CN(c1ccc2ncc(C#N)c(Nc3ccc(F)c(Cl)c3)c2c1)c1nccn1C. The topological polar surface area (TPSA) is 69.8 Å². The minimum Gasteiger partial charge on any atom is -0.354 e. The van der Waals surface area contributed by atoms with Crippen molar-refractivity contribution in [3.05, 3.63) is 71.4 Å². The van der Waals surface area contributed by atoms with Gasteiger partial charge in [-0.1, -0.05) is 11.6 Å². The summed E-state index contributed by atoms with van der Waals surface area (Å²) >= 11 is 5.90. The third-order valence-corrected chi connectivity index (χ3v) is 4.93. The number of nitriles is 1. The molecule has 0 aliphatic heterocycles. The molecule has 144 valence electrons. The summed E-state index contributed by atoms with van der Waals surface area (Å²) < 4.78 is 15.4. The molecule has 2 aromatic heterocycles. The Kier molecular flexibility index (Phi) is 4.79. The summed E-state index contributed by atoms with van der Waals surface area (Å²) in [5.41, 5.74) is 3.12. The Morgan fingerprint density at radius 3 is 2.72 bits per heavy atom. The first kappa shape index (κ1) is 18.7. The van der Waals surface area contributed by atoms with Crippen LogP contribution in [0, 0.1) is 17.1 Å². The Hall–Kier alpha value is -3.63. The lowest BCUT2D eigenvalue weighted by Gasteiger charge is -2.20. The summed E-state index contributed by atoms with van der Waals surface area (Å²) in [6, 6.07) is 12.2. The normalized spacial score (nSPS) is 10.7. The van der Waals surface area contributed by atoms with Gasteiger partial charge in [-0.15, -0.1) is 0 Å². The van der Waals surface area contributed by atoms with Gasteiger partial charge in [-0.05, 0) is 36.4 Å². The van der Waals surface area contributed by atoms with Gasteiger partial charge in [-0.25, -0.2) is 9.37 Å². The van der Waals surface area contributed by atoms with Gasteiger partial charge < -0.3 is 14.8 Å². The van der Waals surface area contributed by atoms with Crippen molar-refractivity contribution in [3.63, 3.8) is 0 Å². The third kappa shape index (κ3) is 3.46. The first-order valence-electron chi connectivity index (χ1n) is 8.74. The molecule has 0 aliphatic carbocycles. The molecule has 8 heteroatoms. The molecule has 0 fully saturated rings. The number of pyridine rings is 1. The second kappa shape index (κ2) is 7.41. The average molecular weight is 407 g/mol. The van der Waals surface area contributed by atoms with E-state index in [1.807, 2.05) is 48.0 Å². The maximum atomic E-state index is 13.5. The molecule has 0 amide bonds. The molecule has 6 nitrogen and oxygen atoms in total. The first-order chi connectivity index (χ1) is 14.0. The quantitative estimate of drug-likeness (QED) is 0.508. The minimum atomic E-state index is -0.503. The highest BCUT2D eigenvalue weighted by atomic mass is 35.5. The number of nitrogens with one attached hydrogen (secondary N) is 1. The van der Waals surface area contributed by atoms with Gasteiger partial charge in [-0.3, -0.25) is 4.98 Å². The molecule has 4 rings (SSSR count). The molecular weight excluding hydrogens is 391 g/mol. The van der Waals surface area contributed by atoms with Crippen LogP contribution in [0.2, 0.25) is 5.02 Å². The minimum absolute atomic E-state index is 0.00192. The summed E-state index contributed by atoms with van der Waals surface area (Å²) in [6.07, 6.45) is 5.11. The van der Waals surface area contributed by atoms with Crippen molar-refractivity contribution in [2.75, 3.05) is 17.3 Å². The van der Waals surface area contributed by atoms with Crippen molar-refractivity contribution in [1.29, 1.82) is 5.26 Å². The van der Waals surface area contributed by atoms with Crippen LogP contribution >= 0.6 is 11.6 Å². The fraction of sp³-hybridized carbons (Fsp3) is 0.0952. The van der Waals surface area contributed by atoms with Gasteiger partial charge in [0.1, 0.15) is 11.9 Å². The molecule has 0 unspecified atom stereocenters. The number of aromatic nitrogens is 3. The Bertz CT molecular complexity index is 1260. The van der Waals surface area contributed by atoms with E-state index < -0.39 is 5.82 Å². The molecule has 0 aliphatic rings.